The first kappa shape index (κ1) is 18.6. The van der Waals surface area contributed by atoms with Crippen molar-refractivity contribution in [2.75, 3.05) is 20.7 Å². The fourth-order valence-corrected chi connectivity index (χ4v) is 3.00. The minimum atomic E-state index is -0.442. The van der Waals surface area contributed by atoms with Crippen molar-refractivity contribution in [1.29, 1.82) is 0 Å². The number of hydrogen-bond donors (Lipinski definition) is 0. The van der Waals surface area contributed by atoms with Gasteiger partial charge in [-0.1, -0.05) is 26.0 Å². The van der Waals surface area contributed by atoms with Gasteiger partial charge in [-0.3, -0.25) is 4.57 Å². The molecule has 0 radical (unpaired) electrons. The summed E-state index contributed by atoms with van der Waals surface area (Å²) in [5, 5.41) is 0. The Morgan fingerprint density at radius 2 is 2.07 bits per heavy atom. The normalized spacial score (nSPS) is 11.2. The van der Waals surface area contributed by atoms with Crippen LogP contribution in [0.15, 0.2) is 35.3 Å². The summed E-state index contributed by atoms with van der Waals surface area (Å²) >= 11 is 0. The standard InChI is InChI=1S/C19H23N5O3/c1-12(2)11-22(3)18(25)24-15-10-20-16(21-17(15)23(4)19(24)26)13-7-6-8-14(9-13)27-5/h6-10,12H,11H2,1-5H3. The average Bonchev–Trinajstić information content (AvgIpc) is 2.91. The second-order valence-corrected chi connectivity index (χ2v) is 6.87. The quantitative estimate of drug-likeness (QED) is 0.705. The maximum Gasteiger partial charge on any atom is 0.338 e. The minimum Gasteiger partial charge on any atom is -0.497 e. The van der Waals surface area contributed by atoms with Gasteiger partial charge in [-0.15, -0.1) is 0 Å². The number of ether oxygens (including phenoxy) is 1. The van der Waals surface area contributed by atoms with Gasteiger partial charge in [0.2, 0.25) is 0 Å². The van der Waals surface area contributed by atoms with E-state index in [1.165, 1.54) is 15.7 Å². The highest BCUT2D eigenvalue weighted by Crippen LogP contribution is 2.22. The Morgan fingerprint density at radius 3 is 2.74 bits per heavy atom. The number of methoxy groups -OCH3 is 1. The van der Waals surface area contributed by atoms with E-state index in [1.807, 2.05) is 38.1 Å². The number of imidazole rings is 1. The Kier molecular flexibility index (Phi) is 4.98. The van der Waals surface area contributed by atoms with Crippen molar-refractivity contribution in [3.05, 3.63) is 40.9 Å². The summed E-state index contributed by atoms with van der Waals surface area (Å²) in [5.74, 6) is 1.44. The molecular weight excluding hydrogens is 346 g/mol. The number of fused-ring (bicyclic) bond motifs is 1. The van der Waals surface area contributed by atoms with Gasteiger partial charge in [-0.05, 0) is 18.1 Å². The maximum absolute atomic E-state index is 12.8. The van der Waals surface area contributed by atoms with Crippen molar-refractivity contribution in [1.82, 2.24) is 24.0 Å². The van der Waals surface area contributed by atoms with Gasteiger partial charge < -0.3 is 9.64 Å². The van der Waals surface area contributed by atoms with E-state index in [1.54, 1.807) is 21.2 Å². The predicted molar refractivity (Wildman–Crippen MR) is 103 cm³/mol. The topological polar surface area (TPSA) is 82.2 Å². The molecule has 8 heteroatoms. The van der Waals surface area contributed by atoms with Crippen molar-refractivity contribution in [3.63, 3.8) is 0 Å². The number of hydrogen-bond acceptors (Lipinski definition) is 5. The highest BCUT2D eigenvalue weighted by atomic mass is 16.5. The number of aryl methyl sites for hydroxylation is 1. The fourth-order valence-electron chi connectivity index (χ4n) is 3.00. The molecule has 2 heterocycles. The first-order valence-corrected chi connectivity index (χ1v) is 8.67. The smallest absolute Gasteiger partial charge is 0.338 e. The summed E-state index contributed by atoms with van der Waals surface area (Å²) in [4.78, 5) is 35.8. The van der Waals surface area contributed by atoms with E-state index in [-0.39, 0.29) is 0 Å². The van der Waals surface area contributed by atoms with Gasteiger partial charge in [0.15, 0.2) is 11.5 Å². The molecule has 0 saturated carbocycles. The monoisotopic (exact) mass is 369 g/mol. The SMILES string of the molecule is COc1cccc(-c2ncc3c(n2)n(C)c(=O)n3C(=O)N(C)CC(C)C)c1. The van der Waals surface area contributed by atoms with E-state index < -0.39 is 11.7 Å². The zero-order valence-corrected chi connectivity index (χ0v) is 16.1. The Hall–Kier alpha value is -3.16. The minimum absolute atomic E-state index is 0.292. The van der Waals surface area contributed by atoms with Gasteiger partial charge in [-0.2, -0.15) is 0 Å². The van der Waals surface area contributed by atoms with E-state index in [0.717, 1.165) is 10.1 Å². The van der Waals surface area contributed by atoms with E-state index in [0.29, 0.717) is 35.2 Å². The molecule has 3 rings (SSSR count). The predicted octanol–water partition coefficient (Wildman–Crippen LogP) is 2.36. The fraction of sp³-hybridized carbons (Fsp3) is 0.368. The van der Waals surface area contributed by atoms with Crippen molar-refractivity contribution in [2.45, 2.75) is 13.8 Å². The van der Waals surface area contributed by atoms with Crippen LogP contribution in [0.25, 0.3) is 22.6 Å². The molecular formula is C19H23N5O3. The highest BCUT2D eigenvalue weighted by molar-refractivity contribution is 5.88. The second kappa shape index (κ2) is 7.22. The second-order valence-electron chi connectivity index (χ2n) is 6.87. The number of rotatable bonds is 4. The summed E-state index contributed by atoms with van der Waals surface area (Å²) < 4.78 is 7.72. The van der Waals surface area contributed by atoms with E-state index in [2.05, 4.69) is 9.97 Å². The third kappa shape index (κ3) is 3.42. The summed E-state index contributed by atoms with van der Waals surface area (Å²) in [7, 11) is 4.87. The van der Waals surface area contributed by atoms with Crippen LogP contribution in [0.2, 0.25) is 0 Å². The van der Waals surface area contributed by atoms with Crippen LogP contribution in [0.1, 0.15) is 13.8 Å². The number of nitrogens with zero attached hydrogens (tertiary/aromatic N) is 5. The van der Waals surface area contributed by atoms with Crippen molar-refractivity contribution in [2.24, 2.45) is 13.0 Å². The number of carbonyl (C=O) groups is 1. The highest BCUT2D eigenvalue weighted by Gasteiger charge is 2.22. The Labute approximate surface area is 157 Å². The molecule has 0 aliphatic heterocycles. The molecule has 0 aliphatic rings. The van der Waals surface area contributed by atoms with Crippen LogP contribution in [0.3, 0.4) is 0 Å². The van der Waals surface area contributed by atoms with Crippen molar-refractivity contribution < 1.29 is 9.53 Å². The van der Waals surface area contributed by atoms with Crippen LogP contribution in [0.5, 0.6) is 5.75 Å². The molecule has 0 fully saturated rings. The van der Waals surface area contributed by atoms with Gasteiger partial charge in [0.1, 0.15) is 11.3 Å². The molecule has 2 aromatic heterocycles. The molecule has 0 N–H and O–H groups in total. The van der Waals surface area contributed by atoms with Crippen LogP contribution >= 0.6 is 0 Å². The third-order valence-electron chi connectivity index (χ3n) is 4.27. The lowest BCUT2D eigenvalue weighted by Gasteiger charge is -2.19. The van der Waals surface area contributed by atoms with Crippen LogP contribution in [-0.4, -0.2) is 50.7 Å². The third-order valence-corrected chi connectivity index (χ3v) is 4.27. The number of carbonyl (C=O) groups excluding carboxylic acids is 1. The van der Waals surface area contributed by atoms with E-state index in [4.69, 9.17) is 4.74 Å². The molecule has 0 unspecified atom stereocenters. The van der Waals surface area contributed by atoms with E-state index >= 15 is 0 Å². The van der Waals surface area contributed by atoms with Gasteiger partial charge in [-0.25, -0.2) is 24.1 Å². The molecule has 1 amide bonds. The summed E-state index contributed by atoms with van der Waals surface area (Å²) in [6, 6.07) is 6.96. The van der Waals surface area contributed by atoms with Crippen molar-refractivity contribution >= 4 is 17.2 Å². The Morgan fingerprint density at radius 1 is 1.33 bits per heavy atom. The lowest BCUT2D eigenvalue weighted by Crippen LogP contribution is -2.39. The molecule has 8 nitrogen and oxygen atoms in total. The molecule has 0 saturated heterocycles. The number of aromatic nitrogens is 4. The zero-order valence-electron chi connectivity index (χ0n) is 16.1. The summed E-state index contributed by atoms with van der Waals surface area (Å²) in [6.45, 7) is 4.57. The Balaban J connectivity index is 2.10. The molecule has 0 spiro atoms. The lowest BCUT2D eigenvalue weighted by atomic mass is 10.2. The van der Waals surface area contributed by atoms with E-state index in [9.17, 15) is 9.59 Å². The Bertz CT molecular complexity index is 1050. The lowest BCUT2D eigenvalue weighted by molar-refractivity contribution is 0.205. The van der Waals surface area contributed by atoms with Gasteiger partial charge in [0.25, 0.3) is 0 Å². The largest absolute Gasteiger partial charge is 0.497 e. The molecule has 0 bridgehead atoms. The molecule has 142 valence electrons. The average molecular weight is 369 g/mol. The number of benzene rings is 1. The van der Waals surface area contributed by atoms with Crippen molar-refractivity contribution in [3.8, 4) is 17.1 Å². The molecule has 1 aromatic carbocycles. The summed E-state index contributed by atoms with van der Waals surface area (Å²) in [5.41, 5.74) is 1.11. The van der Waals surface area contributed by atoms with Gasteiger partial charge >= 0.3 is 11.7 Å². The van der Waals surface area contributed by atoms with Gasteiger partial charge in [0.05, 0.1) is 13.3 Å². The first-order chi connectivity index (χ1) is 12.8. The van der Waals surface area contributed by atoms with Crippen LogP contribution in [0, 0.1) is 5.92 Å². The summed E-state index contributed by atoms with van der Waals surface area (Å²) in [6.07, 6.45) is 1.51. The van der Waals surface area contributed by atoms with Crippen LogP contribution in [0.4, 0.5) is 4.79 Å². The zero-order chi connectivity index (χ0) is 19.7. The maximum atomic E-state index is 12.8. The molecule has 27 heavy (non-hydrogen) atoms. The van der Waals surface area contributed by atoms with Crippen LogP contribution in [-0.2, 0) is 7.05 Å². The first-order valence-electron chi connectivity index (χ1n) is 8.67. The molecule has 0 atom stereocenters. The molecule has 3 aromatic rings. The van der Waals surface area contributed by atoms with Gasteiger partial charge in [0, 0.05) is 26.2 Å². The van der Waals surface area contributed by atoms with Crippen LogP contribution < -0.4 is 10.4 Å². The number of amides is 1. The molecule has 0 aliphatic carbocycles.